The molecule has 1 N–H and O–H groups in total. The van der Waals surface area contributed by atoms with Crippen molar-refractivity contribution in [3.8, 4) is 0 Å². The lowest BCUT2D eigenvalue weighted by atomic mass is 10.1. The molecule has 5 heteroatoms. The molecule has 0 radical (unpaired) electrons. The fourth-order valence-electron chi connectivity index (χ4n) is 2.24. The molecule has 3 aromatic carbocycles. The number of hydrogen-bond donors (Lipinski definition) is 1. The zero-order valence-electron chi connectivity index (χ0n) is 10.9. The van der Waals surface area contributed by atoms with Crippen LogP contribution in [0.5, 0.6) is 0 Å². The summed E-state index contributed by atoms with van der Waals surface area (Å²) in [6.45, 7) is 0. The third kappa shape index (κ3) is 2.67. The average Bonchev–Trinajstić information content (AvgIpc) is 2.47. The minimum absolute atomic E-state index is 0.280. The Kier molecular flexibility index (Phi) is 3.23. The van der Waals surface area contributed by atoms with Crippen LogP contribution in [0.2, 0.25) is 0 Å². The Morgan fingerprint density at radius 1 is 1.00 bits per heavy atom. The quantitative estimate of drug-likeness (QED) is 0.563. The molecule has 0 aliphatic heterocycles. The molecule has 0 aliphatic rings. The van der Waals surface area contributed by atoms with Crippen LogP contribution < -0.4 is 5.32 Å². The van der Waals surface area contributed by atoms with Gasteiger partial charge in [0, 0.05) is 22.8 Å². The normalized spacial score (nSPS) is 10.5. The van der Waals surface area contributed by atoms with E-state index in [-0.39, 0.29) is 5.69 Å². The van der Waals surface area contributed by atoms with Gasteiger partial charge in [-0.25, -0.2) is 4.39 Å². The number of non-ortho nitro benzene ring substituents is 1. The third-order valence-corrected chi connectivity index (χ3v) is 3.16. The lowest BCUT2D eigenvalue weighted by Gasteiger charge is -2.10. The first-order valence-electron chi connectivity index (χ1n) is 6.33. The first-order chi connectivity index (χ1) is 10.1. The van der Waals surface area contributed by atoms with E-state index < -0.39 is 10.7 Å². The molecule has 0 saturated carbocycles. The van der Waals surface area contributed by atoms with Crippen LogP contribution >= 0.6 is 0 Å². The minimum Gasteiger partial charge on any atom is -0.355 e. The van der Waals surface area contributed by atoms with Crippen LogP contribution in [0, 0.1) is 15.9 Å². The highest BCUT2D eigenvalue weighted by Crippen LogP contribution is 2.28. The Morgan fingerprint density at radius 2 is 1.76 bits per heavy atom. The fraction of sp³-hybridized carbons (Fsp3) is 0. The second-order valence-electron chi connectivity index (χ2n) is 4.61. The Morgan fingerprint density at radius 3 is 2.57 bits per heavy atom. The number of nitro groups is 1. The number of halogens is 1. The molecule has 0 saturated heterocycles. The molecular weight excluding hydrogens is 271 g/mol. The van der Waals surface area contributed by atoms with E-state index in [0.717, 1.165) is 22.5 Å². The standard InChI is InChI=1S/C16H11FN2O2/c17-12-8-13(10-14(9-12)19(20)21)18-16-7-3-5-11-4-1-2-6-15(11)16/h1-10,18H. The van der Waals surface area contributed by atoms with E-state index in [1.807, 2.05) is 42.5 Å². The van der Waals surface area contributed by atoms with Crippen LogP contribution in [0.1, 0.15) is 0 Å². The van der Waals surface area contributed by atoms with Crippen LogP contribution in [-0.4, -0.2) is 4.92 Å². The number of nitrogens with zero attached hydrogens (tertiary/aromatic N) is 1. The number of benzene rings is 3. The van der Waals surface area contributed by atoms with Gasteiger partial charge in [-0.1, -0.05) is 36.4 Å². The maximum absolute atomic E-state index is 13.5. The largest absolute Gasteiger partial charge is 0.355 e. The predicted octanol–water partition coefficient (Wildman–Crippen LogP) is 4.63. The highest BCUT2D eigenvalue weighted by atomic mass is 19.1. The Balaban J connectivity index is 2.05. The van der Waals surface area contributed by atoms with E-state index in [1.54, 1.807) is 0 Å². The summed E-state index contributed by atoms with van der Waals surface area (Å²) in [4.78, 5) is 10.2. The van der Waals surface area contributed by atoms with Crippen molar-refractivity contribution in [1.82, 2.24) is 0 Å². The molecule has 0 unspecified atom stereocenters. The molecule has 0 aromatic heterocycles. The molecule has 0 atom stereocenters. The van der Waals surface area contributed by atoms with Gasteiger partial charge in [0.25, 0.3) is 5.69 Å². The summed E-state index contributed by atoms with van der Waals surface area (Å²) in [7, 11) is 0. The van der Waals surface area contributed by atoms with Crippen molar-refractivity contribution < 1.29 is 9.31 Å². The number of hydrogen-bond acceptors (Lipinski definition) is 3. The van der Waals surface area contributed by atoms with Crippen molar-refractivity contribution in [3.63, 3.8) is 0 Å². The van der Waals surface area contributed by atoms with Gasteiger partial charge in [0.2, 0.25) is 0 Å². The van der Waals surface area contributed by atoms with E-state index in [1.165, 1.54) is 12.1 Å². The van der Waals surface area contributed by atoms with E-state index in [2.05, 4.69) is 5.32 Å². The third-order valence-electron chi connectivity index (χ3n) is 3.16. The van der Waals surface area contributed by atoms with E-state index >= 15 is 0 Å². The summed E-state index contributed by atoms with van der Waals surface area (Å²) in [6.07, 6.45) is 0. The van der Waals surface area contributed by atoms with E-state index in [0.29, 0.717) is 5.69 Å². The zero-order chi connectivity index (χ0) is 14.8. The van der Waals surface area contributed by atoms with Gasteiger partial charge in [0.1, 0.15) is 5.82 Å². The molecule has 3 rings (SSSR count). The van der Waals surface area contributed by atoms with E-state index in [4.69, 9.17) is 0 Å². The van der Waals surface area contributed by atoms with Gasteiger partial charge in [-0.2, -0.15) is 0 Å². The molecule has 0 bridgehead atoms. The van der Waals surface area contributed by atoms with Crippen molar-refractivity contribution in [3.05, 3.63) is 76.6 Å². The van der Waals surface area contributed by atoms with Crippen molar-refractivity contribution >= 4 is 27.8 Å². The number of anilines is 2. The summed E-state index contributed by atoms with van der Waals surface area (Å²) in [6, 6.07) is 16.9. The SMILES string of the molecule is O=[N+]([O-])c1cc(F)cc(Nc2cccc3ccccc23)c1. The summed E-state index contributed by atoms with van der Waals surface area (Å²) < 4.78 is 13.5. The molecule has 0 heterocycles. The minimum atomic E-state index is -0.646. The Labute approximate surface area is 120 Å². The molecule has 21 heavy (non-hydrogen) atoms. The predicted molar refractivity (Wildman–Crippen MR) is 80.3 cm³/mol. The topological polar surface area (TPSA) is 55.2 Å². The summed E-state index contributed by atoms with van der Waals surface area (Å²) in [5.41, 5.74) is 0.837. The second-order valence-corrected chi connectivity index (χ2v) is 4.61. The molecule has 0 fully saturated rings. The Bertz CT molecular complexity index is 828. The van der Waals surface area contributed by atoms with Gasteiger partial charge < -0.3 is 5.32 Å². The molecule has 104 valence electrons. The van der Waals surface area contributed by atoms with Gasteiger partial charge in [-0.05, 0) is 17.5 Å². The van der Waals surface area contributed by atoms with Gasteiger partial charge in [-0.15, -0.1) is 0 Å². The van der Waals surface area contributed by atoms with Crippen LogP contribution in [0.15, 0.2) is 60.7 Å². The van der Waals surface area contributed by atoms with Crippen molar-refractivity contribution in [2.24, 2.45) is 0 Å². The molecule has 0 spiro atoms. The summed E-state index contributed by atoms with van der Waals surface area (Å²) in [5.74, 6) is -0.646. The number of rotatable bonds is 3. The van der Waals surface area contributed by atoms with Crippen LogP contribution in [0.25, 0.3) is 10.8 Å². The number of fused-ring (bicyclic) bond motifs is 1. The fourth-order valence-corrected chi connectivity index (χ4v) is 2.24. The highest BCUT2D eigenvalue weighted by Gasteiger charge is 2.10. The van der Waals surface area contributed by atoms with Gasteiger partial charge in [0.15, 0.2) is 0 Å². The average molecular weight is 282 g/mol. The summed E-state index contributed by atoms with van der Waals surface area (Å²) in [5, 5.41) is 15.8. The second kappa shape index (κ2) is 5.20. The van der Waals surface area contributed by atoms with Crippen LogP contribution in [0.3, 0.4) is 0 Å². The van der Waals surface area contributed by atoms with Crippen molar-refractivity contribution in [2.45, 2.75) is 0 Å². The van der Waals surface area contributed by atoms with Gasteiger partial charge in [-0.3, -0.25) is 10.1 Å². The first kappa shape index (κ1) is 13.1. The lowest BCUT2D eigenvalue weighted by molar-refractivity contribution is -0.385. The monoisotopic (exact) mass is 282 g/mol. The lowest BCUT2D eigenvalue weighted by Crippen LogP contribution is -1.95. The number of nitrogens with one attached hydrogen (secondary N) is 1. The van der Waals surface area contributed by atoms with Crippen LogP contribution in [-0.2, 0) is 0 Å². The van der Waals surface area contributed by atoms with Gasteiger partial charge >= 0.3 is 0 Å². The molecule has 0 aliphatic carbocycles. The van der Waals surface area contributed by atoms with E-state index in [9.17, 15) is 14.5 Å². The molecule has 3 aromatic rings. The Hall–Kier alpha value is -2.95. The van der Waals surface area contributed by atoms with Crippen molar-refractivity contribution in [2.75, 3.05) is 5.32 Å². The zero-order valence-corrected chi connectivity index (χ0v) is 10.9. The number of nitro benzene ring substituents is 1. The maximum atomic E-state index is 13.5. The summed E-state index contributed by atoms with van der Waals surface area (Å²) >= 11 is 0. The van der Waals surface area contributed by atoms with Gasteiger partial charge in [0.05, 0.1) is 11.0 Å². The van der Waals surface area contributed by atoms with Crippen molar-refractivity contribution in [1.29, 1.82) is 0 Å². The maximum Gasteiger partial charge on any atom is 0.274 e. The van der Waals surface area contributed by atoms with Crippen LogP contribution in [0.4, 0.5) is 21.5 Å². The highest BCUT2D eigenvalue weighted by molar-refractivity contribution is 5.95. The smallest absolute Gasteiger partial charge is 0.274 e. The first-order valence-corrected chi connectivity index (χ1v) is 6.33. The molecular formula is C16H11FN2O2. The molecule has 4 nitrogen and oxygen atoms in total. The molecule has 0 amide bonds.